The molecule has 16 heavy (non-hydrogen) atoms. The minimum Gasteiger partial charge on any atom is -0.369 e. The number of thioether (sulfide) groups is 1. The molecule has 1 fully saturated rings. The van der Waals surface area contributed by atoms with Crippen molar-refractivity contribution in [3.05, 3.63) is 17.6 Å². The van der Waals surface area contributed by atoms with E-state index >= 15 is 0 Å². The third kappa shape index (κ3) is 2.88. The highest BCUT2D eigenvalue weighted by atomic mass is 32.2. The van der Waals surface area contributed by atoms with E-state index in [1.165, 1.54) is 18.6 Å². The van der Waals surface area contributed by atoms with Gasteiger partial charge < -0.3 is 5.32 Å². The van der Waals surface area contributed by atoms with Crippen molar-refractivity contribution in [3.63, 3.8) is 0 Å². The minimum absolute atomic E-state index is 0.382. The molecule has 0 amide bonds. The van der Waals surface area contributed by atoms with E-state index in [4.69, 9.17) is 0 Å². The van der Waals surface area contributed by atoms with Crippen LogP contribution in [-0.2, 0) is 0 Å². The number of anilines is 1. The van der Waals surface area contributed by atoms with E-state index in [9.17, 15) is 0 Å². The summed E-state index contributed by atoms with van der Waals surface area (Å²) in [5, 5.41) is 3.44. The van der Waals surface area contributed by atoms with Crippen LogP contribution in [0.4, 0.5) is 5.82 Å². The first-order valence-electron chi connectivity index (χ1n) is 5.78. The van der Waals surface area contributed by atoms with Crippen LogP contribution in [0.3, 0.4) is 0 Å². The Kier molecular flexibility index (Phi) is 3.38. The van der Waals surface area contributed by atoms with E-state index < -0.39 is 0 Å². The largest absolute Gasteiger partial charge is 0.369 e. The number of hydrogen-bond donors (Lipinski definition) is 1. The fourth-order valence-electron chi connectivity index (χ4n) is 2.06. The second-order valence-corrected chi connectivity index (χ2v) is 6.38. The number of nitrogens with one attached hydrogen (secondary N) is 1. The molecule has 0 spiro atoms. The molecule has 0 aromatic carbocycles. The summed E-state index contributed by atoms with van der Waals surface area (Å²) in [5.41, 5.74) is 1.03. The van der Waals surface area contributed by atoms with E-state index in [0.717, 1.165) is 23.9 Å². The van der Waals surface area contributed by atoms with E-state index in [2.05, 4.69) is 34.0 Å². The molecule has 88 valence electrons. The van der Waals surface area contributed by atoms with Crippen molar-refractivity contribution in [2.75, 3.05) is 17.6 Å². The highest BCUT2D eigenvalue weighted by molar-refractivity contribution is 8.00. The summed E-state index contributed by atoms with van der Waals surface area (Å²) in [7, 11) is 0. The average molecular weight is 237 g/mol. The highest BCUT2D eigenvalue weighted by Crippen LogP contribution is 2.37. The summed E-state index contributed by atoms with van der Waals surface area (Å²) in [5.74, 6) is 3.09. The maximum atomic E-state index is 4.39. The smallest absolute Gasteiger partial charge is 0.129 e. The fourth-order valence-corrected chi connectivity index (χ4v) is 3.31. The number of nitrogens with zero attached hydrogens (tertiary/aromatic N) is 2. The summed E-state index contributed by atoms with van der Waals surface area (Å²) >= 11 is 2.07. The van der Waals surface area contributed by atoms with Crippen LogP contribution in [-0.4, -0.2) is 27.0 Å². The molecule has 1 saturated heterocycles. The Morgan fingerprint density at radius 2 is 2.25 bits per heavy atom. The Hall–Kier alpha value is -0.770. The van der Waals surface area contributed by atoms with Crippen LogP contribution < -0.4 is 5.32 Å². The predicted molar refractivity (Wildman–Crippen MR) is 70.1 cm³/mol. The molecule has 4 heteroatoms. The van der Waals surface area contributed by atoms with Crippen LogP contribution in [0.5, 0.6) is 0 Å². The van der Waals surface area contributed by atoms with Crippen molar-refractivity contribution in [2.45, 2.75) is 38.4 Å². The van der Waals surface area contributed by atoms with Crippen LogP contribution in [0.2, 0.25) is 0 Å². The Morgan fingerprint density at radius 1 is 1.44 bits per heavy atom. The third-order valence-corrected chi connectivity index (χ3v) is 4.45. The lowest BCUT2D eigenvalue weighted by atomic mass is 10.1. The molecule has 1 atom stereocenters. The quantitative estimate of drug-likeness (QED) is 0.877. The topological polar surface area (TPSA) is 37.8 Å². The molecule has 0 saturated carbocycles. The summed E-state index contributed by atoms with van der Waals surface area (Å²) < 4.78 is 0.382. The van der Waals surface area contributed by atoms with Crippen LogP contribution in [0.1, 0.15) is 31.3 Å². The normalized spacial score (nSPS) is 24.7. The van der Waals surface area contributed by atoms with Gasteiger partial charge in [0.25, 0.3) is 0 Å². The number of aromatic nitrogens is 2. The van der Waals surface area contributed by atoms with Crippen molar-refractivity contribution < 1.29 is 0 Å². The lowest BCUT2D eigenvalue weighted by molar-refractivity contribution is 0.633. The van der Waals surface area contributed by atoms with E-state index in [1.807, 2.05) is 19.9 Å². The lowest BCUT2D eigenvalue weighted by Gasteiger charge is -2.23. The number of aryl methyl sites for hydroxylation is 2. The maximum Gasteiger partial charge on any atom is 0.129 e. The van der Waals surface area contributed by atoms with Gasteiger partial charge in [-0.25, -0.2) is 9.97 Å². The Balaban J connectivity index is 1.98. The van der Waals surface area contributed by atoms with Gasteiger partial charge in [0.2, 0.25) is 0 Å². The van der Waals surface area contributed by atoms with Gasteiger partial charge in [-0.15, -0.1) is 0 Å². The van der Waals surface area contributed by atoms with E-state index in [0.29, 0.717) is 4.75 Å². The van der Waals surface area contributed by atoms with Gasteiger partial charge in [0.15, 0.2) is 0 Å². The van der Waals surface area contributed by atoms with Crippen molar-refractivity contribution in [1.29, 1.82) is 0 Å². The molecular weight excluding hydrogens is 218 g/mol. The van der Waals surface area contributed by atoms with E-state index in [1.54, 1.807) is 0 Å². The van der Waals surface area contributed by atoms with Crippen molar-refractivity contribution in [2.24, 2.45) is 0 Å². The molecule has 0 bridgehead atoms. The molecule has 0 radical (unpaired) electrons. The van der Waals surface area contributed by atoms with Gasteiger partial charge in [-0.3, -0.25) is 0 Å². The monoisotopic (exact) mass is 237 g/mol. The summed E-state index contributed by atoms with van der Waals surface area (Å²) in [6, 6.07) is 2.01. The van der Waals surface area contributed by atoms with Crippen LogP contribution in [0, 0.1) is 13.8 Å². The van der Waals surface area contributed by atoms with Gasteiger partial charge in [0.05, 0.1) is 0 Å². The fraction of sp³-hybridized carbons (Fsp3) is 0.667. The zero-order valence-electron chi connectivity index (χ0n) is 10.2. The van der Waals surface area contributed by atoms with Crippen LogP contribution in [0.25, 0.3) is 0 Å². The maximum absolute atomic E-state index is 4.39. The first kappa shape index (κ1) is 11.7. The van der Waals surface area contributed by atoms with Crippen molar-refractivity contribution in [3.8, 4) is 0 Å². The van der Waals surface area contributed by atoms with Crippen LogP contribution >= 0.6 is 11.8 Å². The van der Waals surface area contributed by atoms with Gasteiger partial charge in [0.1, 0.15) is 11.6 Å². The minimum atomic E-state index is 0.382. The molecule has 0 aliphatic carbocycles. The Labute approximate surface area is 101 Å². The summed E-state index contributed by atoms with van der Waals surface area (Å²) in [6.45, 7) is 7.27. The molecule has 1 N–H and O–H groups in total. The van der Waals surface area contributed by atoms with Gasteiger partial charge >= 0.3 is 0 Å². The van der Waals surface area contributed by atoms with Gasteiger partial charge in [-0.1, -0.05) is 0 Å². The Morgan fingerprint density at radius 3 is 2.88 bits per heavy atom. The standard InChI is InChI=1S/C12H19N3S/c1-9-7-11(15-10(2)14-9)13-8-12(3)5-4-6-16-12/h7H,4-6,8H2,1-3H3,(H,13,14,15). The second kappa shape index (κ2) is 4.62. The molecular formula is C12H19N3S. The van der Waals surface area contributed by atoms with Gasteiger partial charge in [0, 0.05) is 23.1 Å². The molecule has 3 nitrogen and oxygen atoms in total. The first-order valence-corrected chi connectivity index (χ1v) is 6.76. The van der Waals surface area contributed by atoms with Crippen molar-refractivity contribution in [1.82, 2.24) is 9.97 Å². The zero-order valence-corrected chi connectivity index (χ0v) is 11.0. The number of rotatable bonds is 3. The molecule has 2 rings (SSSR count). The van der Waals surface area contributed by atoms with Gasteiger partial charge in [-0.2, -0.15) is 11.8 Å². The van der Waals surface area contributed by atoms with E-state index in [-0.39, 0.29) is 0 Å². The van der Waals surface area contributed by atoms with Gasteiger partial charge in [-0.05, 0) is 39.4 Å². The second-order valence-electron chi connectivity index (χ2n) is 4.70. The third-order valence-electron chi connectivity index (χ3n) is 2.91. The Bertz CT molecular complexity index is 352. The lowest BCUT2D eigenvalue weighted by Crippen LogP contribution is -2.27. The zero-order chi connectivity index (χ0) is 11.6. The number of hydrogen-bond acceptors (Lipinski definition) is 4. The molecule has 1 aliphatic heterocycles. The summed E-state index contributed by atoms with van der Waals surface area (Å²) in [4.78, 5) is 8.67. The first-order chi connectivity index (χ1) is 7.57. The predicted octanol–water partition coefficient (Wildman–Crippen LogP) is 2.79. The average Bonchev–Trinajstić information content (AvgIpc) is 2.62. The molecule has 1 aromatic heterocycles. The molecule has 1 aromatic rings. The summed E-state index contributed by atoms with van der Waals surface area (Å²) in [6.07, 6.45) is 2.64. The van der Waals surface area contributed by atoms with Crippen LogP contribution in [0.15, 0.2) is 6.07 Å². The van der Waals surface area contributed by atoms with Crippen molar-refractivity contribution >= 4 is 17.6 Å². The molecule has 2 heterocycles. The molecule has 1 unspecified atom stereocenters. The SMILES string of the molecule is Cc1cc(NCC2(C)CCCS2)nc(C)n1. The molecule has 1 aliphatic rings. The highest BCUT2D eigenvalue weighted by Gasteiger charge is 2.29.